The van der Waals surface area contributed by atoms with Crippen LogP contribution in [-0.2, 0) is 0 Å². The van der Waals surface area contributed by atoms with Crippen molar-refractivity contribution in [2.45, 2.75) is 13.0 Å². The zero-order valence-corrected chi connectivity index (χ0v) is 19.1. The van der Waals surface area contributed by atoms with Crippen LogP contribution < -0.4 is 10.2 Å². The molecular formula is C27H23FN6O. The molecule has 5 rings (SSSR count). The highest BCUT2D eigenvalue weighted by molar-refractivity contribution is 6.00. The third-order valence-electron chi connectivity index (χ3n) is 6.24. The molecule has 7 nitrogen and oxygen atoms in total. The normalized spacial score (nSPS) is 15.6. The number of carbonyl (C=O) groups excluding carboxylic acids is 1. The predicted molar refractivity (Wildman–Crippen MR) is 133 cm³/mol. The van der Waals surface area contributed by atoms with E-state index < -0.39 is 5.82 Å². The van der Waals surface area contributed by atoms with E-state index in [4.69, 9.17) is 5.26 Å². The lowest BCUT2D eigenvalue weighted by molar-refractivity contribution is 0.184. The first kappa shape index (κ1) is 22.3. The van der Waals surface area contributed by atoms with E-state index in [-0.39, 0.29) is 23.3 Å². The van der Waals surface area contributed by atoms with Crippen LogP contribution in [0.2, 0.25) is 0 Å². The lowest BCUT2D eigenvalue weighted by atomic mass is 10.0. The SMILES string of the molecule is CC1CN(c2nnc(-c3ccccc3)c3ccccc23)CCN1C(=O)Nc1ccc(C#N)cc1F. The molecule has 2 amide bonds. The fourth-order valence-corrected chi connectivity index (χ4v) is 4.46. The molecule has 0 spiro atoms. The van der Waals surface area contributed by atoms with Gasteiger partial charge in [-0.3, -0.25) is 0 Å². The standard InChI is InChI=1S/C27H23FN6O/c1-18-17-33(13-14-34(18)27(35)30-24-12-11-19(16-29)15-23(24)28)26-22-10-6-5-9-21(22)25(31-32-26)20-7-3-2-4-8-20/h2-12,15,18H,13-14,17H2,1H3,(H,30,35). The summed E-state index contributed by atoms with van der Waals surface area (Å²) in [5.41, 5.74) is 2.10. The zero-order chi connectivity index (χ0) is 24.4. The van der Waals surface area contributed by atoms with Crippen LogP contribution in [0.1, 0.15) is 12.5 Å². The number of fused-ring (bicyclic) bond motifs is 1. The van der Waals surface area contributed by atoms with Crippen molar-refractivity contribution in [2.75, 3.05) is 29.9 Å². The molecule has 0 aliphatic carbocycles. The minimum Gasteiger partial charge on any atom is -0.351 e. The lowest BCUT2D eigenvalue weighted by Crippen LogP contribution is -2.55. The van der Waals surface area contributed by atoms with Crippen molar-refractivity contribution in [3.63, 3.8) is 0 Å². The summed E-state index contributed by atoms with van der Waals surface area (Å²) < 4.78 is 14.2. The minimum absolute atomic E-state index is 0.0528. The molecule has 0 radical (unpaired) electrons. The summed E-state index contributed by atoms with van der Waals surface area (Å²) in [5.74, 6) is 0.147. The van der Waals surface area contributed by atoms with Gasteiger partial charge >= 0.3 is 6.03 Å². The molecule has 8 heteroatoms. The Bertz CT molecular complexity index is 1440. The van der Waals surface area contributed by atoms with E-state index in [9.17, 15) is 9.18 Å². The van der Waals surface area contributed by atoms with E-state index in [1.807, 2.05) is 61.5 Å². The summed E-state index contributed by atoms with van der Waals surface area (Å²) in [6.07, 6.45) is 0. The van der Waals surface area contributed by atoms with Gasteiger partial charge in [0.1, 0.15) is 11.5 Å². The Balaban J connectivity index is 1.36. The summed E-state index contributed by atoms with van der Waals surface area (Å²) >= 11 is 0. The van der Waals surface area contributed by atoms with Crippen molar-refractivity contribution in [3.8, 4) is 17.3 Å². The molecule has 1 aliphatic rings. The quantitative estimate of drug-likeness (QED) is 0.457. The van der Waals surface area contributed by atoms with Gasteiger partial charge in [0.15, 0.2) is 5.82 Å². The number of piperazine rings is 1. The van der Waals surface area contributed by atoms with Gasteiger partial charge in [-0.1, -0.05) is 54.6 Å². The summed E-state index contributed by atoms with van der Waals surface area (Å²) in [6.45, 7) is 3.53. The number of hydrogen-bond acceptors (Lipinski definition) is 5. The maximum absolute atomic E-state index is 14.2. The first-order valence-corrected chi connectivity index (χ1v) is 11.4. The fourth-order valence-electron chi connectivity index (χ4n) is 4.46. The number of rotatable bonds is 3. The average molecular weight is 467 g/mol. The second kappa shape index (κ2) is 9.39. The molecule has 3 aromatic carbocycles. The van der Waals surface area contributed by atoms with Gasteiger partial charge in [0.05, 0.1) is 17.3 Å². The van der Waals surface area contributed by atoms with Crippen molar-refractivity contribution in [1.29, 1.82) is 5.26 Å². The van der Waals surface area contributed by atoms with E-state index in [1.54, 1.807) is 4.90 Å². The highest BCUT2D eigenvalue weighted by Crippen LogP contribution is 2.32. The van der Waals surface area contributed by atoms with Crippen molar-refractivity contribution >= 4 is 28.3 Å². The number of nitrogens with one attached hydrogen (secondary N) is 1. The monoisotopic (exact) mass is 466 g/mol. The molecule has 1 saturated heterocycles. The molecular weight excluding hydrogens is 443 g/mol. The van der Waals surface area contributed by atoms with Crippen molar-refractivity contribution in [2.24, 2.45) is 0 Å². The number of benzene rings is 3. The number of carbonyl (C=O) groups is 1. The van der Waals surface area contributed by atoms with Gasteiger partial charge in [0.2, 0.25) is 0 Å². The van der Waals surface area contributed by atoms with E-state index in [0.29, 0.717) is 19.6 Å². The minimum atomic E-state index is -0.635. The average Bonchev–Trinajstić information content (AvgIpc) is 2.89. The van der Waals surface area contributed by atoms with Gasteiger partial charge in [-0.2, -0.15) is 5.26 Å². The summed E-state index contributed by atoms with van der Waals surface area (Å²) in [6, 6.07) is 23.4. The lowest BCUT2D eigenvalue weighted by Gasteiger charge is -2.40. The van der Waals surface area contributed by atoms with E-state index >= 15 is 0 Å². The number of nitrogens with zero attached hydrogens (tertiary/aromatic N) is 5. The molecule has 35 heavy (non-hydrogen) atoms. The Hall–Kier alpha value is -4.51. The van der Waals surface area contributed by atoms with Crippen LogP contribution in [0.25, 0.3) is 22.0 Å². The third-order valence-corrected chi connectivity index (χ3v) is 6.24. The Morgan fingerprint density at radius 3 is 2.49 bits per heavy atom. The molecule has 1 aromatic heterocycles. The summed E-state index contributed by atoms with van der Waals surface area (Å²) in [4.78, 5) is 16.7. The maximum atomic E-state index is 14.2. The van der Waals surface area contributed by atoms with Crippen molar-refractivity contribution in [1.82, 2.24) is 15.1 Å². The number of anilines is 2. The molecule has 1 aliphatic heterocycles. The molecule has 174 valence electrons. The van der Waals surface area contributed by atoms with Crippen LogP contribution >= 0.6 is 0 Å². The van der Waals surface area contributed by atoms with Gasteiger partial charge in [0, 0.05) is 42.0 Å². The third kappa shape index (κ3) is 4.36. The van der Waals surface area contributed by atoms with Crippen LogP contribution in [0, 0.1) is 17.1 Å². The molecule has 2 heterocycles. The van der Waals surface area contributed by atoms with Crippen LogP contribution in [0.5, 0.6) is 0 Å². The van der Waals surface area contributed by atoms with Crippen LogP contribution in [0.4, 0.5) is 20.7 Å². The number of aromatic nitrogens is 2. The maximum Gasteiger partial charge on any atom is 0.322 e. The van der Waals surface area contributed by atoms with E-state index in [0.717, 1.165) is 33.9 Å². The number of halogens is 1. The molecule has 0 bridgehead atoms. The highest BCUT2D eigenvalue weighted by Gasteiger charge is 2.29. The smallest absolute Gasteiger partial charge is 0.322 e. The number of hydrogen-bond donors (Lipinski definition) is 1. The van der Waals surface area contributed by atoms with Gasteiger partial charge in [-0.05, 0) is 25.1 Å². The van der Waals surface area contributed by atoms with E-state index in [1.165, 1.54) is 12.1 Å². The Labute approximate surface area is 202 Å². The number of nitriles is 1. The van der Waals surface area contributed by atoms with Gasteiger partial charge in [-0.25, -0.2) is 9.18 Å². The first-order valence-electron chi connectivity index (χ1n) is 11.4. The molecule has 1 unspecified atom stereocenters. The molecule has 1 atom stereocenters. The Kier molecular flexibility index (Phi) is 5.98. The molecule has 1 fully saturated rings. The Morgan fingerprint density at radius 2 is 1.77 bits per heavy atom. The van der Waals surface area contributed by atoms with Crippen LogP contribution in [0.3, 0.4) is 0 Å². The number of amides is 2. The second-order valence-electron chi connectivity index (χ2n) is 8.51. The zero-order valence-electron chi connectivity index (χ0n) is 19.1. The van der Waals surface area contributed by atoms with Crippen molar-refractivity contribution < 1.29 is 9.18 Å². The molecule has 4 aromatic rings. The summed E-state index contributed by atoms with van der Waals surface area (Å²) in [7, 11) is 0. The van der Waals surface area contributed by atoms with Gasteiger partial charge < -0.3 is 15.1 Å². The first-order chi connectivity index (χ1) is 17.0. The predicted octanol–water partition coefficient (Wildman–Crippen LogP) is 5.05. The topological polar surface area (TPSA) is 85.2 Å². The molecule has 0 saturated carbocycles. The van der Waals surface area contributed by atoms with Crippen LogP contribution in [-0.4, -0.2) is 46.8 Å². The Morgan fingerprint density at radius 1 is 1.03 bits per heavy atom. The van der Waals surface area contributed by atoms with Crippen LogP contribution in [0.15, 0.2) is 72.8 Å². The van der Waals surface area contributed by atoms with Crippen molar-refractivity contribution in [3.05, 3.63) is 84.2 Å². The largest absolute Gasteiger partial charge is 0.351 e. The highest BCUT2D eigenvalue weighted by atomic mass is 19.1. The molecule has 1 N–H and O–H groups in total. The number of urea groups is 1. The van der Waals surface area contributed by atoms with Gasteiger partial charge in [-0.15, -0.1) is 10.2 Å². The second-order valence-corrected chi connectivity index (χ2v) is 8.51. The fraction of sp³-hybridized carbons (Fsp3) is 0.185. The summed E-state index contributed by atoms with van der Waals surface area (Å²) in [5, 5.41) is 22.7. The van der Waals surface area contributed by atoms with Gasteiger partial charge in [0.25, 0.3) is 0 Å². The van der Waals surface area contributed by atoms with E-state index in [2.05, 4.69) is 26.5 Å².